The van der Waals surface area contributed by atoms with Gasteiger partial charge in [0.2, 0.25) is 5.95 Å². The summed E-state index contributed by atoms with van der Waals surface area (Å²) in [5, 5.41) is 0. The van der Waals surface area contributed by atoms with Gasteiger partial charge >= 0.3 is 0 Å². The van der Waals surface area contributed by atoms with Crippen LogP contribution in [-0.4, -0.2) is 52.6 Å². The highest BCUT2D eigenvalue weighted by atomic mass is 16.5. The van der Waals surface area contributed by atoms with Crippen molar-refractivity contribution in [1.29, 1.82) is 0 Å². The molecule has 0 atom stereocenters. The minimum absolute atomic E-state index is 0.0626. The molecule has 0 N–H and O–H groups in total. The summed E-state index contributed by atoms with van der Waals surface area (Å²) < 4.78 is 7.76. The third kappa shape index (κ3) is 4.32. The summed E-state index contributed by atoms with van der Waals surface area (Å²) in [7, 11) is 0. The zero-order valence-electron chi connectivity index (χ0n) is 17.8. The maximum atomic E-state index is 12.9. The number of aromatic nitrogens is 2. The number of rotatable bonds is 5. The Kier molecular flexibility index (Phi) is 5.74. The van der Waals surface area contributed by atoms with Gasteiger partial charge in [0, 0.05) is 49.8 Å². The fourth-order valence-electron chi connectivity index (χ4n) is 3.68. The molecule has 2 aromatic carbocycles. The van der Waals surface area contributed by atoms with E-state index < -0.39 is 0 Å². The van der Waals surface area contributed by atoms with Gasteiger partial charge in [0.1, 0.15) is 5.75 Å². The maximum absolute atomic E-state index is 12.9. The van der Waals surface area contributed by atoms with Gasteiger partial charge < -0.3 is 14.5 Å². The highest BCUT2D eigenvalue weighted by Gasteiger charge is 2.24. The number of hydrogen-bond acceptors (Lipinski definition) is 4. The Hall–Kier alpha value is -3.28. The van der Waals surface area contributed by atoms with Crippen LogP contribution in [0.1, 0.15) is 29.8 Å². The van der Waals surface area contributed by atoms with Crippen molar-refractivity contribution in [2.75, 3.05) is 31.1 Å². The van der Waals surface area contributed by atoms with E-state index in [1.54, 1.807) is 0 Å². The molecule has 6 nitrogen and oxygen atoms in total. The zero-order chi connectivity index (χ0) is 21.1. The number of carbonyl (C=O) groups excluding carboxylic acids is 1. The van der Waals surface area contributed by atoms with E-state index in [0.717, 1.165) is 30.5 Å². The fraction of sp³-hybridized carbons (Fsp3) is 0.333. The number of imidazole rings is 1. The van der Waals surface area contributed by atoms with Crippen LogP contribution in [-0.2, 0) is 0 Å². The first kappa shape index (κ1) is 20.0. The first-order valence-electron chi connectivity index (χ1n) is 10.4. The molecule has 6 heteroatoms. The molecular weight excluding hydrogens is 376 g/mol. The van der Waals surface area contributed by atoms with Crippen molar-refractivity contribution >= 4 is 11.9 Å². The van der Waals surface area contributed by atoms with E-state index in [1.807, 2.05) is 55.4 Å². The lowest BCUT2D eigenvalue weighted by Crippen LogP contribution is -2.49. The number of amides is 1. The van der Waals surface area contributed by atoms with Gasteiger partial charge in [0.05, 0.1) is 6.10 Å². The average Bonchev–Trinajstić information content (AvgIpc) is 3.24. The summed E-state index contributed by atoms with van der Waals surface area (Å²) in [5.41, 5.74) is 3.02. The van der Waals surface area contributed by atoms with Crippen molar-refractivity contribution in [2.45, 2.75) is 26.9 Å². The zero-order valence-corrected chi connectivity index (χ0v) is 17.8. The fourth-order valence-corrected chi connectivity index (χ4v) is 3.68. The molecule has 1 aliphatic heterocycles. The van der Waals surface area contributed by atoms with Gasteiger partial charge in [-0.25, -0.2) is 4.98 Å². The SMILES string of the molecule is Cc1ccc(-n2ccnc2N2CCN(C(=O)c3ccc(OC(C)C)cc3)CC2)cc1. The van der Waals surface area contributed by atoms with Crippen molar-refractivity contribution in [3.05, 3.63) is 72.1 Å². The first-order chi connectivity index (χ1) is 14.5. The summed E-state index contributed by atoms with van der Waals surface area (Å²) in [6, 6.07) is 15.8. The van der Waals surface area contributed by atoms with E-state index in [4.69, 9.17) is 4.74 Å². The second-order valence-corrected chi connectivity index (χ2v) is 7.90. The number of ether oxygens (including phenoxy) is 1. The highest BCUT2D eigenvalue weighted by Crippen LogP contribution is 2.21. The molecular formula is C24H28N4O2. The number of hydrogen-bond donors (Lipinski definition) is 0. The predicted octanol–water partition coefficient (Wildman–Crippen LogP) is 3.93. The van der Waals surface area contributed by atoms with E-state index in [2.05, 4.69) is 45.6 Å². The van der Waals surface area contributed by atoms with E-state index in [-0.39, 0.29) is 12.0 Å². The lowest BCUT2D eigenvalue weighted by molar-refractivity contribution is 0.0746. The number of piperazine rings is 1. The Morgan fingerprint density at radius 1 is 0.967 bits per heavy atom. The summed E-state index contributed by atoms with van der Waals surface area (Å²) in [6.45, 7) is 8.91. The lowest BCUT2D eigenvalue weighted by atomic mass is 10.1. The number of anilines is 1. The van der Waals surface area contributed by atoms with E-state index >= 15 is 0 Å². The first-order valence-corrected chi connectivity index (χ1v) is 10.4. The Labute approximate surface area is 177 Å². The molecule has 1 saturated heterocycles. The molecule has 0 bridgehead atoms. The van der Waals surface area contributed by atoms with Gasteiger partial charge in [-0.05, 0) is 57.2 Å². The van der Waals surface area contributed by atoms with Crippen molar-refractivity contribution in [1.82, 2.24) is 14.5 Å². The second kappa shape index (κ2) is 8.61. The van der Waals surface area contributed by atoms with Crippen molar-refractivity contribution in [3.63, 3.8) is 0 Å². The van der Waals surface area contributed by atoms with Crippen LogP contribution < -0.4 is 9.64 Å². The van der Waals surface area contributed by atoms with Gasteiger partial charge in [-0.3, -0.25) is 9.36 Å². The minimum atomic E-state index is 0.0626. The van der Waals surface area contributed by atoms with Gasteiger partial charge in [0.15, 0.2) is 0 Å². The van der Waals surface area contributed by atoms with Crippen LogP contribution in [0, 0.1) is 6.92 Å². The van der Waals surface area contributed by atoms with Gasteiger partial charge in [-0.15, -0.1) is 0 Å². The molecule has 0 unspecified atom stereocenters. The molecule has 1 amide bonds. The lowest BCUT2D eigenvalue weighted by Gasteiger charge is -2.35. The molecule has 1 aliphatic rings. The number of carbonyl (C=O) groups is 1. The van der Waals surface area contributed by atoms with Crippen LogP contribution in [0.5, 0.6) is 5.75 Å². The van der Waals surface area contributed by atoms with Crippen molar-refractivity contribution in [2.24, 2.45) is 0 Å². The molecule has 2 heterocycles. The molecule has 156 valence electrons. The van der Waals surface area contributed by atoms with Crippen LogP contribution >= 0.6 is 0 Å². The van der Waals surface area contributed by atoms with E-state index in [9.17, 15) is 4.79 Å². The van der Waals surface area contributed by atoms with Crippen LogP contribution in [0.3, 0.4) is 0 Å². The van der Waals surface area contributed by atoms with Crippen molar-refractivity contribution in [3.8, 4) is 11.4 Å². The number of aryl methyl sites for hydroxylation is 1. The molecule has 0 spiro atoms. The quantitative estimate of drug-likeness (QED) is 0.647. The van der Waals surface area contributed by atoms with Crippen LogP contribution in [0.4, 0.5) is 5.95 Å². The minimum Gasteiger partial charge on any atom is -0.491 e. The molecule has 1 fully saturated rings. The van der Waals surface area contributed by atoms with E-state index in [1.165, 1.54) is 5.56 Å². The molecule has 1 aromatic heterocycles. The summed E-state index contributed by atoms with van der Waals surface area (Å²) in [4.78, 5) is 21.6. The Morgan fingerprint density at radius 3 is 2.27 bits per heavy atom. The molecule has 3 aromatic rings. The molecule has 4 rings (SSSR count). The Morgan fingerprint density at radius 2 is 1.63 bits per heavy atom. The summed E-state index contributed by atoms with van der Waals surface area (Å²) in [5.74, 6) is 1.77. The Balaban J connectivity index is 1.40. The van der Waals surface area contributed by atoms with Crippen molar-refractivity contribution < 1.29 is 9.53 Å². The average molecular weight is 405 g/mol. The van der Waals surface area contributed by atoms with Crippen LogP contribution in [0.2, 0.25) is 0 Å². The van der Waals surface area contributed by atoms with E-state index in [0.29, 0.717) is 18.7 Å². The standard InChI is InChI=1S/C24H28N4O2/c1-18(2)30-22-10-6-20(7-11-22)23(29)26-14-16-27(17-15-26)24-25-12-13-28(24)21-8-4-19(3)5-9-21/h4-13,18H,14-17H2,1-3H3. The molecule has 0 saturated carbocycles. The number of nitrogens with zero attached hydrogens (tertiary/aromatic N) is 4. The summed E-state index contributed by atoms with van der Waals surface area (Å²) in [6.07, 6.45) is 3.93. The smallest absolute Gasteiger partial charge is 0.253 e. The summed E-state index contributed by atoms with van der Waals surface area (Å²) >= 11 is 0. The predicted molar refractivity (Wildman–Crippen MR) is 119 cm³/mol. The maximum Gasteiger partial charge on any atom is 0.253 e. The molecule has 30 heavy (non-hydrogen) atoms. The van der Waals surface area contributed by atoms with Gasteiger partial charge in [-0.2, -0.15) is 0 Å². The van der Waals surface area contributed by atoms with Crippen LogP contribution in [0.25, 0.3) is 5.69 Å². The molecule has 0 aliphatic carbocycles. The topological polar surface area (TPSA) is 50.6 Å². The Bertz CT molecular complexity index is 985. The largest absolute Gasteiger partial charge is 0.491 e. The monoisotopic (exact) mass is 404 g/mol. The third-order valence-electron chi connectivity index (χ3n) is 5.26. The van der Waals surface area contributed by atoms with Crippen LogP contribution in [0.15, 0.2) is 60.9 Å². The normalized spacial score (nSPS) is 14.3. The molecule has 0 radical (unpaired) electrons. The van der Waals surface area contributed by atoms with Gasteiger partial charge in [-0.1, -0.05) is 17.7 Å². The highest BCUT2D eigenvalue weighted by molar-refractivity contribution is 5.94. The number of benzene rings is 2. The van der Waals surface area contributed by atoms with Gasteiger partial charge in [0.25, 0.3) is 5.91 Å². The second-order valence-electron chi connectivity index (χ2n) is 7.90. The third-order valence-corrected chi connectivity index (χ3v) is 5.26.